The molecule has 8 heteroatoms. The first-order valence-corrected chi connectivity index (χ1v) is 9.47. The van der Waals surface area contributed by atoms with E-state index in [9.17, 15) is 4.79 Å². The highest BCUT2D eigenvalue weighted by Gasteiger charge is 2.19. The van der Waals surface area contributed by atoms with Gasteiger partial charge in [0.05, 0.1) is 10.7 Å². The van der Waals surface area contributed by atoms with Gasteiger partial charge in [0.2, 0.25) is 0 Å². The van der Waals surface area contributed by atoms with Crippen molar-refractivity contribution in [1.82, 2.24) is 24.5 Å². The lowest BCUT2D eigenvalue weighted by molar-refractivity contribution is 0.0776. The lowest BCUT2D eigenvalue weighted by Gasteiger charge is -2.16. The van der Waals surface area contributed by atoms with E-state index in [2.05, 4.69) is 17.1 Å². The van der Waals surface area contributed by atoms with Crippen LogP contribution >= 0.6 is 11.6 Å². The molecule has 0 saturated heterocycles. The third-order valence-electron chi connectivity index (χ3n) is 4.62. The van der Waals surface area contributed by atoms with E-state index in [1.165, 1.54) is 0 Å². The summed E-state index contributed by atoms with van der Waals surface area (Å²) in [6.07, 6.45) is 1.71. The topological polar surface area (TPSA) is 65.2 Å². The van der Waals surface area contributed by atoms with Crippen molar-refractivity contribution >= 4 is 17.5 Å². The van der Waals surface area contributed by atoms with E-state index >= 15 is 0 Å². The number of ether oxygens (including phenoxy) is 1. The lowest BCUT2D eigenvalue weighted by Crippen LogP contribution is -2.27. The molecule has 0 radical (unpaired) electrons. The highest BCUT2D eigenvalue weighted by molar-refractivity contribution is 6.32. The van der Waals surface area contributed by atoms with Crippen molar-refractivity contribution in [2.24, 2.45) is 0 Å². The third-order valence-corrected chi connectivity index (χ3v) is 4.93. The normalized spacial score (nSPS) is 10.9. The molecule has 1 aromatic carbocycles. The summed E-state index contributed by atoms with van der Waals surface area (Å²) in [6, 6.07) is 8.91. The minimum atomic E-state index is -0.153. The van der Waals surface area contributed by atoms with E-state index in [0.717, 1.165) is 23.5 Å². The number of amides is 1. The van der Waals surface area contributed by atoms with Gasteiger partial charge in [-0.1, -0.05) is 23.7 Å². The fraction of sp³-hybridized carbons (Fsp3) is 0.350. The SMILES string of the molecule is CCn1nc(C)c(CN(C)C(=O)c2ccn(COc3ccccc3Cl)n2)c1C. The van der Waals surface area contributed by atoms with E-state index in [1.54, 1.807) is 41.0 Å². The van der Waals surface area contributed by atoms with Gasteiger partial charge in [0, 0.05) is 37.6 Å². The number of benzene rings is 1. The van der Waals surface area contributed by atoms with Gasteiger partial charge in [-0.3, -0.25) is 9.48 Å². The van der Waals surface area contributed by atoms with Crippen LogP contribution in [0.15, 0.2) is 36.5 Å². The minimum absolute atomic E-state index is 0.153. The van der Waals surface area contributed by atoms with Gasteiger partial charge in [-0.05, 0) is 39.0 Å². The second kappa shape index (κ2) is 8.48. The average Bonchev–Trinajstić information content (AvgIpc) is 3.26. The Balaban J connectivity index is 1.65. The Labute approximate surface area is 169 Å². The summed E-state index contributed by atoms with van der Waals surface area (Å²) < 4.78 is 9.16. The molecular formula is C20H24ClN5O2. The zero-order valence-corrected chi connectivity index (χ0v) is 17.3. The van der Waals surface area contributed by atoms with Crippen molar-refractivity contribution in [2.45, 2.75) is 40.6 Å². The molecule has 7 nitrogen and oxygen atoms in total. The number of para-hydroxylation sites is 1. The van der Waals surface area contributed by atoms with E-state index in [0.29, 0.717) is 23.0 Å². The molecule has 0 atom stereocenters. The predicted octanol–water partition coefficient (Wildman–Crippen LogP) is 3.68. The Morgan fingerprint density at radius 1 is 1.21 bits per heavy atom. The number of carbonyl (C=O) groups is 1. The Morgan fingerprint density at radius 2 is 1.96 bits per heavy atom. The molecule has 0 spiro atoms. The van der Waals surface area contributed by atoms with Crippen molar-refractivity contribution in [3.05, 3.63) is 64.2 Å². The van der Waals surface area contributed by atoms with Crippen LogP contribution in [0.5, 0.6) is 5.75 Å². The molecule has 0 N–H and O–H groups in total. The van der Waals surface area contributed by atoms with Crippen LogP contribution in [0.4, 0.5) is 0 Å². The minimum Gasteiger partial charge on any atom is -0.470 e. The summed E-state index contributed by atoms with van der Waals surface area (Å²) in [5, 5.41) is 9.36. The fourth-order valence-corrected chi connectivity index (χ4v) is 3.21. The van der Waals surface area contributed by atoms with Gasteiger partial charge in [-0.25, -0.2) is 4.68 Å². The van der Waals surface area contributed by atoms with Gasteiger partial charge in [-0.15, -0.1) is 0 Å². The van der Waals surface area contributed by atoms with E-state index in [1.807, 2.05) is 30.7 Å². The molecular weight excluding hydrogens is 378 g/mol. The van der Waals surface area contributed by atoms with Crippen LogP contribution in [0.3, 0.4) is 0 Å². The molecule has 0 fully saturated rings. The Hall–Kier alpha value is -2.80. The maximum Gasteiger partial charge on any atom is 0.274 e. The number of aromatic nitrogens is 4. The molecule has 3 aromatic rings. The smallest absolute Gasteiger partial charge is 0.274 e. The second-order valence-corrected chi connectivity index (χ2v) is 6.98. The molecule has 0 aliphatic rings. The van der Waals surface area contributed by atoms with Crippen LogP contribution in [-0.4, -0.2) is 37.4 Å². The molecule has 3 rings (SSSR count). The average molecular weight is 402 g/mol. The first-order valence-electron chi connectivity index (χ1n) is 9.09. The molecule has 2 heterocycles. The van der Waals surface area contributed by atoms with Gasteiger partial charge < -0.3 is 9.64 Å². The third kappa shape index (κ3) is 4.20. The van der Waals surface area contributed by atoms with E-state index in [-0.39, 0.29) is 12.6 Å². The molecule has 1 amide bonds. The number of aryl methyl sites for hydroxylation is 2. The molecule has 2 aromatic heterocycles. The molecule has 28 heavy (non-hydrogen) atoms. The van der Waals surface area contributed by atoms with Gasteiger partial charge in [0.15, 0.2) is 12.4 Å². The van der Waals surface area contributed by atoms with E-state index in [4.69, 9.17) is 16.3 Å². The van der Waals surface area contributed by atoms with Gasteiger partial charge in [-0.2, -0.15) is 10.2 Å². The molecule has 0 aliphatic heterocycles. The number of carbonyl (C=O) groups excluding carboxylic acids is 1. The lowest BCUT2D eigenvalue weighted by atomic mass is 10.2. The van der Waals surface area contributed by atoms with Crippen molar-refractivity contribution in [3.8, 4) is 5.75 Å². The maximum atomic E-state index is 12.8. The summed E-state index contributed by atoms with van der Waals surface area (Å²) >= 11 is 6.08. The monoisotopic (exact) mass is 401 g/mol. The maximum absolute atomic E-state index is 12.8. The quantitative estimate of drug-likeness (QED) is 0.605. The summed E-state index contributed by atoms with van der Waals surface area (Å²) in [5.74, 6) is 0.420. The van der Waals surface area contributed by atoms with Crippen molar-refractivity contribution in [2.75, 3.05) is 7.05 Å². The predicted molar refractivity (Wildman–Crippen MR) is 107 cm³/mol. The molecule has 148 valence electrons. The number of nitrogens with zero attached hydrogens (tertiary/aromatic N) is 5. The number of rotatable bonds is 7. The zero-order valence-electron chi connectivity index (χ0n) is 16.5. The Bertz CT molecular complexity index is 979. The largest absolute Gasteiger partial charge is 0.470 e. The van der Waals surface area contributed by atoms with Crippen molar-refractivity contribution < 1.29 is 9.53 Å². The number of hydrogen-bond acceptors (Lipinski definition) is 4. The second-order valence-electron chi connectivity index (χ2n) is 6.57. The standard InChI is InChI=1S/C20H24ClN5O2/c1-5-26-15(3)16(14(2)22-26)12-24(4)20(27)18-10-11-25(23-18)13-28-19-9-7-6-8-17(19)21/h6-11H,5,12-13H2,1-4H3. The van der Waals surface area contributed by atoms with Crippen LogP contribution in [0.1, 0.15) is 34.4 Å². The Morgan fingerprint density at radius 3 is 2.64 bits per heavy atom. The highest BCUT2D eigenvalue weighted by Crippen LogP contribution is 2.23. The molecule has 0 aliphatic carbocycles. The van der Waals surface area contributed by atoms with Crippen LogP contribution in [0.2, 0.25) is 5.02 Å². The first kappa shape index (κ1) is 19.9. The summed E-state index contributed by atoms with van der Waals surface area (Å²) in [4.78, 5) is 14.4. The highest BCUT2D eigenvalue weighted by atomic mass is 35.5. The molecule has 0 unspecified atom stereocenters. The van der Waals surface area contributed by atoms with Crippen molar-refractivity contribution in [3.63, 3.8) is 0 Å². The number of halogens is 1. The summed E-state index contributed by atoms with van der Waals surface area (Å²) in [6.45, 7) is 7.50. The van der Waals surface area contributed by atoms with Gasteiger partial charge >= 0.3 is 0 Å². The summed E-state index contributed by atoms with van der Waals surface area (Å²) in [5.41, 5.74) is 3.46. The molecule has 0 saturated carbocycles. The van der Waals surface area contributed by atoms with Crippen molar-refractivity contribution in [1.29, 1.82) is 0 Å². The van der Waals surface area contributed by atoms with Crippen LogP contribution in [0.25, 0.3) is 0 Å². The Kier molecular flexibility index (Phi) is 6.04. The number of hydrogen-bond donors (Lipinski definition) is 0. The van der Waals surface area contributed by atoms with Crippen LogP contribution in [-0.2, 0) is 19.8 Å². The first-order chi connectivity index (χ1) is 13.4. The van der Waals surface area contributed by atoms with Crippen LogP contribution < -0.4 is 4.74 Å². The van der Waals surface area contributed by atoms with Crippen LogP contribution in [0, 0.1) is 13.8 Å². The molecule has 0 bridgehead atoms. The zero-order chi connectivity index (χ0) is 20.3. The fourth-order valence-electron chi connectivity index (χ4n) is 3.02. The summed E-state index contributed by atoms with van der Waals surface area (Å²) in [7, 11) is 1.77. The van der Waals surface area contributed by atoms with Gasteiger partial charge in [0.25, 0.3) is 5.91 Å². The van der Waals surface area contributed by atoms with E-state index < -0.39 is 0 Å². The van der Waals surface area contributed by atoms with Gasteiger partial charge in [0.1, 0.15) is 5.75 Å².